The van der Waals surface area contributed by atoms with E-state index in [2.05, 4.69) is 5.32 Å². The van der Waals surface area contributed by atoms with Crippen molar-refractivity contribution in [3.05, 3.63) is 54.3 Å². The number of likely N-dealkylation sites (N-methyl/N-ethyl adjacent to an activating group) is 1. The van der Waals surface area contributed by atoms with Crippen LogP contribution in [0.3, 0.4) is 0 Å². The summed E-state index contributed by atoms with van der Waals surface area (Å²) in [4.78, 5) is 13.5. The van der Waals surface area contributed by atoms with Crippen molar-refractivity contribution in [3.63, 3.8) is 0 Å². The topological polar surface area (TPSA) is 50.8 Å². The molecular weight excluding hydrogens is 299 g/mol. The van der Waals surface area contributed by atoms with Gasteiger partial charge in [-0.05, 0) is 24.3 Å². The summed E-state index contributed by atoms with van der Waals surface area (Å²) in [5, 5.41) is 2.62. The van der Waals surface area contributed by atoms with Gasteiger partial charge in [-0.3, -0.25) is 0 Å². The number of anilines is 1. The number of ether oxygens (including phenoxy) is 2. The SMILES string of the molecule is COc1ccc(NC(=O)N(C)CCOc2ccccc2)cc1F. The van der Waals surface area contributed by atoms with Crippen molar-refractivity contribution in [2.75, 3.05) is 32.6 Å². The lowest BCUT2D eigenvalue weighted by Crippen LogP contribution is -2.34. The second-order valence-corrected chi connectivity index (χ2v) is 4.86. The highest BCUT2D eigenvalue weighted by molar-refractivity contribution is 5.89. The van der Waals surface area contributed by atoms with Gasteiger partial charge < -0.3 is 19.7 Å². The summed E-state index contributed by atoms with van der Waals surface area (Å²) in [6, 6.07) is 13.3. The minimum Gasteiger partial charge on any atom is -0.494 e. The lowest BCUT2D eigenvalue weighted by Gasteiger charge is -2.18. The molecule has 0 aliphatic carbocycles. The van der Waals surface area contributed by atoms with Crippen molar-refractivity contribution in [2.24, 2.45) is 0 Å². The van der Waals surface area contributed by atoms with Crippen LogP contribution in [0.25, 0.3) is 0 Å². The number of halogens is 1. The molecule has 6 heteroatoms. The minimum atomic E-state index is -0.527. The first-order valence-electron chi connectivity index (χ1n) is 7.13. The number of methoxy groups -OCH3 is 1. The van der Waals surface area contributed by atoms with E-state index in [0.29, 0.717) is 18.8 Å². The van der Waals surface area contributed by atoms with Crippen LogP contribution in [0.4, 0.5) is 14.9 Å². The molecule has 2 aromatic rings. The Balaban J connectivity index is 1.81. The minimum absolute atomic E-state index is 0.132. The Bertz CT molecular complexity index is 650. The van der Waals surface area contributed by atoms with E-state index in [9.17, 15) is 9.18 Å². The second-order valence-electron chi connectivity index (χ2n) is 4.86. The van der Waals surface area contributed by atoms with Crippen molar-refractivity contribution in [1.29, 1.82) is 0 Å². The highest BCUT2D eigenvalue weighted by atomic mass is 19.1. The van der Waals surface area contributed by atoms with E-state index in [1.54, 1.807) is 13.1 Å². The standard InChI is InChI=1S/C17H19FN2O3/c1-20(10-11-23-14-6-4-3-5-7-14)17(21)19-13-8-9-16(22-2)15(18)12-13/h3-9,12H,10-11H2,1-2H3,(H,19,21). The number of hydrogen-bond donors (Lipinski definition) is 1. The quantitative estimate of drug-likeness (QED) is 0.888. The number of para-hydroxylation sites is 1. The Morgan fingerprint density at radius 1 is 1.22 bits per heavy atom. The molecule has 2 amide bonds. The molecule has 0 radical (unpaired) electrons. The Kier molecular flexibility index (Phi) is 5.80. The fraction of sp³-hybridized carbons (Fsp3) is 0.235. The van der Waals surface area contributed by atoms with Gasteiger partial charge in [-0.1, -0.05) is 18.2 Å². The zero-order valence-electron chi connectivity index (χ0n) is 13.1. The smallest absolute Gasteiger partial charge is 0.321 e. The number of nitrogens with zero attached hydrogens (tertiary/aromatic N) is 1. The first-order chi connectivity index (χ1) is 11.1. The molecule has 0 aliphatic heterocycles. The maximum Gasteiger partial charge on any atom is 0.321 e. The average molecular weight is 318 g/mol. The van der Waals surface area contributed by atoms with Crippen LogP contribution in [0.5, 0.6) is 11.5 Å². The van der Waals surface area contributed by atoms with Gasteiger partial charge >= 0.3 is 6.03 Å². The third-order valence-corrected chi connectivity index (χ3v) is 3.19. The largest absolute Gasteiger partial charge is 0.494 e. The molecule has 0 saturated heterocycles. The van der Waals surface area contributed by atoms with Gasteiger partial charge in [-0.15, -0.1) is 0 Å². The second kappa shape index (κ2) is 8.03. The Labute approximate surface area is 134 Å². The molecule has 0 saturated carbocycles. The fourth-order valence-electron chi connectivity index (χ4n) is 1.88. The van der Waals surface area contributed by atoms with Crippen molar-refractivity contribution in [2.45, 2.75) is 0 Å². The van der Waals surface area contributed by atoms with Gasteiger partial charge in [0.1, 0.15) is 12.4 Å². The van der Waals surface area contributed by atoms with Crippen LogP contribution in [-0.4, -0.2) is 38.2 Å². The van der Waals surface area contributed by atoms with Crippen molar-refractivity contribution in [3.8, 4) is 11.5 Å². The molecule has 122 valence electrons. The molecule has 0 bridgehead atoms. The predicted octanol–water partition coefficient (Wildman–Crippen LogP) is 3.38. The van der Waals surface area contributed by atoms with E-state index < -0.39 is 5.82 Å². The third kappa shape index (κ3) is 4.88. The maximum absolute atomic E-state index is 13.6. The number of nitrogens with one attached hydrogen (secondary N) is 1. The van der Waals surface area contributed by atoms with Crippen LogP contribution < -0.4 is 14.8 Å². The molecule has 2 rings (SSSR count). The lowest BCUT2D eigenvalue weighted by molar-refractivity contribution is 0.207. The number of rotatable bonds is 6. The molecule has 23 heavy (non-hydrogen) atoms. The van der Waals surface area contributed by atoms with E-state index in [0.717, 1.165) is 5.75 Å². The Hall–Kier alpha value is -2.76. The van der Waals surface area contributed by atoms with Gasteiger partial charge in [-0.25, -0.2) is 9.18 Å². The summed E-state index contributed by atoms with van der Waals surface area (Å²) >= 11 is 0. The number of benzene rings is 2. The Morgan fingerprint density at radius 3 is 2.61 bits per heavy atom. The molecule has 0 aliphatic rings. The van der Waals surface area contributed by atoms with Crippen LogP contribution >= 0.6 is 0 Å². The first kappa shape index (κ1) is 16.6. The highest BCUT2D eigenvalue weighted by Crippen LogP contribution is 2.20. The molecule has 0 fully saturated rings. The summed E-state index contributed by atoms with van der Waals surface area (Å²) in [5.41, 5.74) is 0.365. The molecule has 2 aromatic carbocycles. The summed E-state index contributed by atoms with van der Waals surface area (Å²) in [7, 11) is 3.03. The molecule has 0 aromatic heterocycles. The number of hydrogen-bond acceptors (Lipinski definition) is 3. The first-order valence-corrected chi connectivity index (χ1v) is 7.13. The van der Waals surface area contributed by atoms with Gasteiger partial charge in [0.05, 0.1) is 13.7 Å². The third-order valence-electron chi connectivity index (χ3n) is 3.19. The number of amides is 2. The van der Waals surface area contributed by atoms with Crippen LogP contribution in [-0.2, 0) is 0 Å². The molecule has 0 spiro atoms. The summed E-state index contributed by atoms with van der Waals surface area (Å²) in [6.07, 6.45) is 0. The average Bonchev–Trinajstić information content (AvgIpc) is 2.56. The molecule has 0 atom stereocenters. The maximum atomic E-state index is 13.6. The van der Waals surface area contributed by atoms with Crippen LogP contribution in [0.1, 0.15) is 0 Å². The number of carbonyl (C=O) groups is 1. The number of carbonyl (C=O) groups excluding carboxylic acids is 1. The summed E-state index contributed by atoms with van der Waals surface area (Å²) < 4.78 is 23.9. The zero-order chi connectivity index (χ0) is 16.7. The number of urea groups is 1. The fourth-order valence-corrected chi connectivity index (χ4v) is 1.88. The van der Waals surface area contributed by atoms with Gasteiger partial charge in [0, 0.05) is 18.8 Å². The zero-order valence-corrected chi connectivity index (χ0v) is 13.1. The van der Waals surface area contributed by atoms with E-state index in [1.807, 2.05) is 30.3 Å². The molecule has 1 N–H and O–H groups in total. The molecule has 0 heterocycles. The van der Waals surface area contributed by atoms with Crippen molar-refractivity contribution >= 4 is 11.7 Å². The molecule has 5 nitrogen and oxygen atoms in total. The van der Waals surface area contributed by atoms with Gasteiger partial charge in [0.15, 0.2) is 11.6 Å². The molecular formula is C17H19FN2O3. The van der Waals surface area contributed by atoms with E-state index >= 15 is 0 Å². The molecule has 0 unspecified atom stereocenters. The van der Waals surface area contributed by atoms with Crippen molar-refractivity contribution < 1.29 is 18.7 Å². The monoisotopic (exact) mass is 318 g/mol. The van der Waals surface area contributed by atoms with Gasteiger partial charge in [0.2, 0.25) is 0 Å². The normalized spacial score (nSPS) is 10.0. The van der Waals surface area contributed by atoms with E-state index in [-0.39, 0.29) is 11.8 Å². The summed E-state index contributed by atoms with van der Waals surface area (Å²) in [6.45, 7) is 0.768. The van der Waals surface area contributed by atoms with E-state index in [1.165, 1.54) is 24.1 Å². The Morgan fingerprint density at radius 2 is 1.96 bits per heavy atom. The van der Waals surface area contributed by atoms with Crippen LogP contribution in [0.15, 0.2) is 48.5 Å². The lowest BCUT2D eigenvalue weighted by atomic mass is 10.3. The van der Waals surface area contributed by atoms with Crippen molar-refractivity contribution in [1.82, 2.24) is 4.90 Å². The van der Waals surface area contributed by atoms with Crippen LogP contribution in [0, 0.1) is 5.82 Å². The highest BCUT2D eigenvalue weighted by Gasteiger charge is 2.10. The predicted molar refractivity (Wildman–Crippen MR) is 86.5 cm³/mol. The van der Waals surface area contributed by atoms with Crippen LogP contribution in [0.2, 0.25) is 0 Å². The van der Waals surface area contributed by atoms with Gasteiger partial charge in [-0.2, -0.15) is 0 Å². The van der Waals surface area contributed by atoms with E-state index in [4.69, 9.17) is 9.47 Å². The van der Waals surface area contributed by atoms with Gasteiger partial charge in [0.25, 0.3) is 0 Å². The summed E-state index contributed by atoms with van der Waals surface area (Å²) in [5.74, 6) is 0.353.